The molecule has 0 aliphatic heterocycles. The van der Waals surface area contributed by atoms with Crippen molar-refractivity contribution < 1.29 is 5.11 Å². The molecule has 0 spiro atoms. The number of hydrogen-bond acceptors (Lipinski definition) is 1. The lowest BCUT2D eigenvalue weighted by atomic mass is 10.1. The highest BCUT2D eigenvalue weighted by molar-refractivity contribution is 6.09. The molecule has 0 aliphatic rings. The summed E-state index contributed by atoms with van der Waals surface area (Å²) in [5.74, 6) is 0.333. The average molecular weight is 273 g/mol. The van der Waals surface area contributed by atoms with Gasteiger partial charge in [-0.05, 0) is 17.7 Å². The van der Waals surface area contributed by atoms with Crippen molar-refractivity contribution in [2.45, 2.75) is 6.54 Å². The molecule has 3 aromatic carbocycles. The number of aromatic nitrogens is 1. The number of fused-ring (bicyclic) bond motifs is 3. The van der Waals surface area contributed by atoms with Crippen LogP contribution in [0.2, 0.25) is 0 Å². The Labute approximate surface area is 122 Å². The van der Waals surface area contributed by atoms with E-state index in [0.29, 0.717) is 5.75 Å². The Balaban J connectivity index is 2.05. The number of rotatable bonds is 2. The number of benzene rings is 3. The summed E-state index contributed by atoms with van der Waals surface area (Å²) in [5.41, 5.74) is 3.28. The maximum Gasteiger partial charge on any atom is 0.139 e. The van der Waals surface area contributed by atoms with Crippen LogP contribution in [0, 0.1) is 0 Å². The van der Waals surface area contributed by atoms with Crippen LogP contribution in [0.25, 0.3) is 21.8 Å². The SMILES string of the molecule is Oc1cccc2c3ccccc3n(Cc3ccccc3)c12. The fourth-order valence-electron chi connectivity index (χ4n) is 3.02. The average Bonchev–Trinajstić information content (AvgIpc) is 2.84. The Bertz CT molecular complexity index is 922. The van der Waals surface area contributed by atoms with Crippen LogP contribution in [0.15, 0.2) is 72.8 Å². The van der Waals surface area contributed by atoms with Gasteiger partial charge in [0.1, 0.15) is 5.75 Å². The van der Waals surface area contributed by atoms with Crippen molar-refractivity contribution in [1.29, 1.82) is 0 Å². The van der Waals surface area contributed by atoms with Crippen molar-refractivity contribution in [3.63, 3.8) is 0 Å². The Morgan fingerprint density at radius 3 is 2.29 bits per heavy atom. The Morgan fingerprint density at radius 2 is 1.43 bits per heavy atom. The van der Waals surface area contributed by atoms with Crippen LogP contribution in [0.3, 0.4) is 0 Å². The highest BCUT2D eigenvalue weighted by Crippen LogP contribution is 2.34. The zero-order valence-electron chi connectivity index (χ0n) is 11.5. The monoisotopic (exact) mass is 273 g/mol. The number of phenolic OH excluding ortho intramolecular Hbond substituents is 1. The third-order valence-corrected chi connectivity index (χ3v) is 3.95. The zero-order valence-corrected chi connectivity index (χ0v) is 11.5. The molecule has 4 rings (SSSR count). The lowest BCUT2D eigenvalue weighted by Gasteiger charge is -2.08. The molecule has 1 aromatic heterocycles. The maximum absolute atomic E-state index is 10.3. The van der Waals surface area contributed by atoms with E-state index in [1.165, 1.54) is 10.9 Å². The minimum atomic E-state index is 0.333. The molecule has 2 heteroatoms. The van der Waals surface area contributed by atoms with Crippen LogP contribution >= 0.6 is 0 Å². The van der Waals surface area contributed by atoms with Gasteiger partial charge in [0.05, 0.1) is 5.52 Å². The van der Waals surface area contributed by atoms with Crippen LogP contribution in [-0.4, -0.2) is 9.67 Å². The van der Waals surface area contributed by atoms with Crippen molar-refractivity contribution >= 4 is 21.8 Å². The predicted molar refractivity (Wildman–Crippen MR) is 86.7 cm³/mol. The van der Waals surface area contributed by atoms with Gasteiger partial charge in [0.15, 0.2) is 0 Å². The van der Waals surface area contributed by atoms with Crippen molar-refractivity contribution in [3.05, 3.63) is 78.4 Å². The van der Waals surface area contributed by atoms with Crippen molar-refractivity contribution in [2.24, 2.45) is 0 Å². The Kier molecular flexibility index (Phi) is 2.68. The summed E-state index contributed by atoms with van der Waals surface area (Å²) in [6.45, 7) is 0.752. The predicted octanol–water partition coefficient (Wildman–Crippen LogP) is 4.55. The number of para-hydroxylation sites is 2. The van der Waals surface area contributed by atoms with Gasteiger partial charge in [-0.25, -0.2) is 0 Å². The van der Waals surface area contributed by atoms with Gasteiger partial charge in [-0.3, -0.25) is 0 Å². The first-order valence-corrected chi connectivity index (χ1v) is 7.07. The molecule has 0 radical (unpaired) electrons. The van der Waals surface area contributed by atoms with Crippen molar-refractivity contribution in [1.82, 2.24) is 4.57 Å². The lowest BCUT2D eigenvalue weighted by molar-refractivity contribution is 0.478. The largest absolute Gasteiger partial charge is 0.506 e. The molecule has 0 saturated heterocycles. The summed E-state index contributed by atoms with van der Waals surface area (Å²) in [4.78, 5) is 0. The second-order valence-corrected chi connectivity index (χ2v) is 5.26. The normalized spacial score (nSPS) is 11.2. The van der Waals surface area contributed by atoms with E-state index in [4.69, 9.17) is 0 Å². The van der Waals surface area contributed by atoms with Crippen LogP contribution in [0.5, 0.6) is 5.75 Å². The topological polar surface area (TPSA) is 25.2 Å². The van der Waals surface area contributed by atoms with Gasteiger partial charge in [-0.1, -0.05) is 60.7 Å². The molecular formula is C19H15NO. The van der Waals surface area contributed by atoms with Gasteiger partial charge in [0.2, 0.25) is 0 Å². The van der Waals surface area contributed by atoms with Crippen molar-refractivity contribution in [2.75, 3.05) is 0 Å². The van der Waals surface area contributed by atoms with Crippen LogP contribution in [-0.2, 0) is 6.54 Å². The first-order chi connectivity index (χ1) is 10.3. The number of hydrogen-bond donors (Lipinski definition) is 1. The Hall–Kier alpha value is -2.74. The third kappa shape index (κ3) is 1.88. The quantitative estimate of drug-likeness (QED) is 0.569. The lowest BCUT2D eigenvalue weighted by Crippen LogP contribution is -1.99. The fraction of sp³-hybridized carbons (Fsp3) is 0.0526. The van der Waals surface area contributed by atoms with E-state index in [0.717, 1.165) is 23.0 Å². The van der Waals surface area contributed by atoms with Gasteiger partial charge in [0.25, 0.3) is 0 Å². The van der Waals surface area contributed by atoms with Crippen LogP contribution in [0.4, 0.5) is 0 Å². The number of nitrogens with zero attached hydrogens (tertiary/aromatic N) is 1. The second kappa shape index (κ2) is 4.67. The first-order valence-electron chi connectivity index (χ1n) is 7.07. The smallest absolute Gasteiger partial charge is 0.139 e. The van der Waals surface area contributed by atoms with E-state index in [-0.39, 0.29) is 0 Å². The summed E-state index contributed by atoms with van der Waals surface area (Å²) in [7, 11) is 0. The number of phenols is 1. The molecule has 1 heterocycles. The molecular weight excluding hydrogens is 258 g/mol. The molecule has 0 unspecified atom stereocenters. The molecule has 0 atom stereocenters. The fourth-order valence-corrected chi connectivity index (χ4v) is 3.02. The summed E-state index contributed by atoms with van der Waals surface area (Å²) < 4.78 is 2.19. The minimum Gasteiger partial charge on any atom is -0.506 e. The first kappa shape index (κ1) is 12.0. The molecule has 0 bridgehead atoms. The summed E-state index contributed by atoms with van der Waals surface area (Å²) >= 11 is 0. The summed E-state index contributed by atoms with van der Waals surface area (Å²) in [6.07, 6.45) is 0. The molecule has 21 heavy (non-hydrogen) atoms. The van der Waals surface area contributed by atoms with Crippen LogP contribution < -0.4 is 0 Å². The van der Waals surface area contributed by atoms with E-state index in [1.807, 2.05) is 36.4 Å². The highest BCUT2D eigenvalue weighted by atomic mass is 16.3. The Morgan fingerprint density at radius 1 is 0.714 bits per heavy atom. The third-order valence-electron chi connectivity index (χ3n) is 3.95. The van der Waals surface area contributed by atoms with Crippen LogP contribution in [0.1, 0.15) is 5.56 Å². The van der Waals surface area contributed by atoms with E-state index in [2.05, 4.69) is 34.9 Å². The molecule has 0 fully saturated rings. The minimum absolute atomic E-state index is 0.333. The molecule has 0 aliphatic carbocycles. The molecule has 1 N–H and O–H groups in total. The van der Waals surface area contributed by atoms with Gasteiger partial charge in [0, 0.05) is 22.8 Å². The van der Waals surface area contributed by atoms with E-state index < -0.39 is 0 Å². The van der Waals surface area contributed by atoms with E-state index in [9.17, 15) is 5.11 Å². The van der Waals surface area contributed by atoms with Crippen molar-refractivity contribution in [3.8, 4) is 5.75 Å². The van der Waals surface area contributed by atoms with Gasteiger partial charge >= 0.3 is 0 Å². The van der Waals surface area contributed by atoms with Gasteiger partial charge < -0.3 is 9.67 Å². The highest BCUT2D eigenvalue weighted by Gasteiger charge is 2.13. The zero-order chi connectivity index (χ0) is 14.2. The molecule has 0 amide bonds. The molecule has 4 aromatic rings. The summed E-state index contributed by atoms with van der Waals surface area (Å²) in [6, 6.07) is 24.4. The molecule has 0 saturated carbocycles. The standard InChI is InChI=1S/C19H15NO/c21-18-12-6-10-16-15-9-4-5-11-17(15)20(19(16)18)13-14-7-2-1-3-8-14/h1-12,21H,13H2. The number of aromatic hydroxyl groups is 1. The van der Waals surface area contributed by atoms with E-state index >= 15 is 0 Å². The molecule has 2 nitrogen and oxygen atoms in total. The van der Waals surface area contributed by atoms with E-state index in [1.54, 1.807) is 6.07 Å². The van der Waals surface area contributed by atoms with Gasteiger partial charge in [-0.15, -0.1) is 0 Å². The molecule has 102 valence electrons. The summed E-state index contributed by atoms with van der Waals surface area (Å²) in [5, 5.41) is 12.6. The second-order valence-electron chi connectivity index (χ2n) is 5.26. The van der Waals surface area contributed by atoms with Gasteiger partial charge in [-0.2, -0.15) is 0 Å². The maximum atomic E-state index is 10.3.